The maximum atomic E-state index is 2.57. The summed E-state index contributed by atoms with van der Waals surface area (Å²) in [4.78, 5) is 7.67. The van der Waals surface area contributed by atoms with Crippen LogP contribution in [-0.2, 0) is 0 Å². The molecule has 0 spiro atoms. The van der Waals surface area contributed by atoms with Gasteiger partial charge in [0.25, 0.3) is 0 Å². The van der Waals surface area contributed by atoms with Gasteiger partial charge in [-0.05, 0) is 61.3 Å². The highest BCUT2D eigenvalue weighted by Gasteiger charge is 2.50. The molecule has 4 rings (SSSR count). The quantitative estimate of drug-likeness (QED) is 0.377. The summed E-state index contributed by atoms with van der Waals surface area (Å²) in [6.07, 6.45) is 5.39. The van der Waals surface area contributed by atoms with Gasteiger partial charge in [0.2, 0.25) is 0 Å². The second kappa shape index (κ2) is 7.62. The third-order valence-corrected chi connectivity index (χ3v) is 15.8. The lowest BCUT2D eigenvalue weighted by Crippen LogP contribution is -2.64. The van der Waals surface area contributed by atoms with Crippen LogP contribution in [0.2, 0.25) is 6.04 Å². The van der Waals surface area contributed by atoms with E-state index in [9.17, 15) is 0 Å². The van der Waals surface area contributed by atoms with Crippen LogP contribution in [0.25, 0.3) is 9.75 Å². The zero-order chi connectivity index (χ0) is 19.2. The first-order chi connectivity index (χ1) is 13.0. The minimum Gasteiger partial charge on any atom is -0.149 e. The Hall–Kier alpha value is -0.683. The maximum Gasteiger partial charge on any atom is 0.164 e. The molecule has 0 saturated carbocycles. The fourth-order valence-corrected chi connectivity index (χ4v) is 16.4. The predicted molar refractivity (Wildman–Crippen MR) is 129 cm³/mol. The average Bonchev–Trinajstić information content (AvgIpc) is 3.37. The third-order valence-electron chi connectivity index (χ3n) is 6.14. The van der Waals surface area contributed by atoms with Gasteiger partial charge in [0.15, 0.2) is 8.07 Å². The van der Waals surface area contributed by atoms with Crippen molar-refractivity contribution in [3.05, 3.63) is 38.9 Å². The van der Waals surface area contributed by atoms with E-state index in [1.165, 1.54) is 46.4 Å². The van der Waals surface area contributed by atoms with Crippen molar-refractivity contribution >= 4 is 57.0 Å². The molecule has 144 valence electrons. The monoisotopic (exact) mass is 430 g/mol. The van der Waals surface area contributed by atoms with Crippen molar-refractivity contribution in [1.82, 2.24) is 0 Å². The van der Waals surface area contributed by atoms with Crippen LogP contribution in [0.4, 0.5) is 0 Å². The van der Waals surface area contributed by atoms with E-state index in [1.807, 2.05) is 22.7 Å². The lowest BCUT2D eigenvalue weighted by Gasteiger charge is -2.31. The van der Waals surface area contributed by atoms with Crippen LogP contribution in [0.15, 0.2) is 24.3 Å². The van der Waals surface area contributed by atoms with Crippen molar-refractivity contribution in [1.29, 1.82) is 0 Å². The number of rotatable bonds is 7. The summed E-state index contributed by atoms with van der Waals surface area (Å²) >= 11 is 6.15. The van der Waals surface area contributed by atoms with E-state index in [0.717, 1.165) is 5.92 Å². The van der Waals surface area contributed by atoms with Gasteiger partial charge < -0.3 is 0 Å². The zero-order valence-electron chi connectivity index (χ0n) is 17.1. The summed E-state index contributed by atoms with van der Waals surface area (Å²) in [5.41, 5.74) is 0. The van der Waals surface area contributed by atoms with Crippen molar-refractivity contribution in [2.75, 3.05) is 0 Å². The normalized spacial score (nSPS) is 15.7. The molecule has 0 nitrogen and oxygen atoms in total. The van der Waals surface area contributed by atoms with Crippen LogP contribution in [0.5, 0.6) is 0 Å². The highest BCUT2D eigenvalue weighted by atomic mass is 32.1. The molecule has 0 bridgehead atoms. The van der Waals surface area contributed by atoms with Crippen LogP contribution in [0.3, 0.4) is 0 Å². The van der Waals surface area contributed by atoms with Crippen LogP contribution in [0, 0.1) is 26.7 Å². The SMILES string of the molecule is CCCCC(CC)C[Si]1(c2ccc(C)s2)c2cc(C)sc2-c2sc(C)cc21. The van der Waals surface area contributed by atoms with Gasteiger partial charge in [-0.1, -0.05) is 45.6 Å². The Morgan fingerprint density at radius 3 is 1.96 bits per heavy atom. The summed E-state index contributed by atoms with van der Waals surface area (Å²) in [5.74, 6) is 0.846. The van der Waals surface area contributed by atoms with E-state index in [4.69, 9.17) is 0 Å². The lowest BCUT2D eigenvalue weighted by atomic mass is 10.0. The molecule has 4 heteroatoms. The fraction of sp³-hybridized carbons (Fsp3) is 0.478. The standard InChI is InChI=1S/C23H30S3Si/c1-6-8-9-18(7-2)14-27(21-11-10-15(3)24-21)19-12-16(4)25-22(19)23-20(27)13-17(5)26-23/h10-13,18H,6-9,14H2,1-5H3. The molecule has 27 heavy (non-hydrogen) atoms. The molecule has 1 aliphatic rings. The van der Waals surface area contributed by atoms with Gasteiger partial charge in [-0.25, -0.2) is 0 Å². The minimum atomic E-state index is -1.88. The summed E-state index contributed by atoms with van der Waals surface area (Å²) in [6, 6.07) is 11.4. The van der Waals surface area contributed by atoms with E-state index < -0.39 is 8.07 Å². The zero-order valence-corrected chi connectivity index (χ0v) is 20.6. The summed E-state index contributed by atoms with van der Waals surface area (Å²) in [5, 5.41) is 3.48. The van der Waals surface area contributed by atoms with Gasteiger partial charge in [0.1, 0.15) is 0 Å². The average molecular weight is 431 g/mol. The molecule has 0 aromatic carbocycles. The van der Waals surface area contributed by atoms with E-state index >= 15 is 0 Å². The third kappa shape index (κ3) is 3.23. The van der Waals surface area contributed by atoms with Gasteiger partial charge in [0, 0.05) is 28.9 Å². The van der Waals surface area contributed by atoms with Crippen LogP contribution in [0.1, 0.15) is 54.2 Å². The van der Waals surface area contributed by atoms with E-state index in [1.54, 1.807) is 24.6 Å². The Morgan fingerprint density at radius 1 is 0.852 bits per heavy atom. The number of hydrogen-bond acceptors (Lipinski definition) is 3. The molecule has 0 aliphatic carbocycles. The van der Waals surface area contributed by atoms with E-state index in [0.29, 0.717) is 0 Å². The molecule has 0 N–H and O–H groups in total. The second-order valence-electron chi connectivity index (χ2n) is 8.14. The van der Waals surface area contributed by atoms with Crippen molar-refractivity contribution in [2.24, 2.45) is 5.92 Å². The highest BCUT2D eigenvalue weighted by molar-refractivity contribution is 7.38. The molecule has 3 aromatic rings. The fourth-order valence-electron chi connectivity index (χ4n) is 4.77. The predicted octanol–water partition coefficient (Wildman–Crippen LogP) is 6.46. The number of thiophene rings is 3. The molecule has 1 aliphatic heterocycles. The van der Waals surface area contributed by atoms with E-state index in [-0.39, 0.29) is 0 Å². The molecular weight excluding hydrogens is 401 g/mol. The van der Waals surface area contributed by atoms with Crippen molar-refractivity contribution in [3.8, 4) is 9.75 Å². The number of unbranched alkanes of at least 4 members (excludes halogenated alkanes) is 1. The number of hydrogen-bond donors (Lipinski definition) is 0. The molecule has 0 amide bonds. The van der Waals surface area contributed by atoms with Crippen molar-refractivity contribution in [3.63, 3.8) is 0 Å². The number of aryl methyl sites for hydroxylation is 3. The van der Waals surface area contributed by atoms with Crippen molar-refractivity contribution < 1.29 is 0 Å². The first-order valence-corrected chi connectivity index (χ1v) is 14.9. The second-order valence-corrected chi connectivity index (χ2v) is 16.1. The molecule has 4 heterocycles. The van der Waals surface area contributed by atoms with Gasteiger partial charge in [-0.15, -0.1) is 34.0 Å². The molecule has 1 unspecified atom stereocenters. The number of fused-ring (bicyclic) bond motifs is 3. The summed E-state index contributed by atoms with van der Waals surface area (Å²) in [7, 11) is -1.88. The van der Waals surface area contributed by atoms with E-state index in [2.05, 4.69) is 70.2 Å². The lowest BCUT2D eigenvalue weighted by molar-refractivity contribution is 0.488. The largest absolute Gasteiger partial charge is 0.164 e. The molecule has 1 atom stereocenters. The molecular formula is C23H30S3Si. The molecule has 3 aromatic heterocycles. The maximum absolute atomic E-state index is 2.57. The molecule has 0 fully saturated rings. The Labute approximate surface area is 177 Å². The Bertz CT molecular complexity index is 897. The highest BCUT2D eigenvalue weighted by Crippen LogP contribution is 2.42. The molecule has 0 radical (unpaired) electrons. The first kappa shape index (κ1) is 19.6. The smallest absolute Gasteiger partial charge is 0.149 e. The van der Waals surface area contributed by atoms with Gasteiger partial charge in [-0.3, -0.25) is 0 Å². The summed E-state index contributed by atoms with van der Waals surface area (Å²) < 4.78 is 1.70. The van der Waals surface area contributed by atoms with Crippen LogP contribution < -0.4 is 14.9 Å². The Balaban J connectivity index is 1.93. The molecule has 0 saturated heterocycles. The minimum absolute atomic E-state index is 0.846. The topological polar surface area (TPSA) is 0 Å². The van der Waals surface area contributed by atoms with Gasteiger partial charge in [-0.2, -0.15) is 0 Å². The Kier molecular flexibility index (Phi) is 5.54. The van der Waals surface area contributed by atoms with Crippen LogP contribution >= 0.6 is 34.0 Å². The van der Waals surface area contributed by atoms with Crippen molar-refractivity contribution in [2.45, 2.75) is 66.3 Å². The summed E-state index contributed by atoms with van der Waals surface area (Å²) in [6.45, 7) is 11.6. The van der Waals surface area contributed by atoms with Crippen LogP contribution in [-0.4, -0.2) is 8.07 Å². The van der Waals surface area contributed by atoms with Gasteiger partial charge in [0.05, 0.1) is 0 Å². The first-order valence-electron chi connectivity index (χ1n) is 10.3. The van der Waals surface area contributed by atoms with Gasteiger partial charge >= 0.3 is 0 Å². The Morgan fingerprint density at radius 2 is 1.48 bits per heavy atom.